The van der Waals surface area contributed by atoms with Crippen LogP contribution in [0.1, 0.15) is 25.3 Å². The number of hydrogen-bond acceptors (Lipinski definition) is 4. The fraction of sp³-hybridized carbons (Fsp3) is 0.235. The van der Waals surface area contributed by atoms with Crippen molar-refractivity contribution in [3.05, 3.63) is 54.1 Å². The summed E-state index contributed by atoms with van der Waals surface area (Å²) in [7, 11) is -0.742. The highest BCUT2D eigenvalue weighted by Gasteiger charge is 2.32. The molecule has 1 N–H and O–H groups in total. The Kier molecular flexibility index (Phi) is 4.55. The summed E-state index contributed by atoms with van der Waals surface area (Å²) < 4.78 is 0. The maximum Gasteiger partial charge on any atom is 0.471 e. The molecule has 3 nitrogen and oxygen atoms in total. The van der Waals surface area contributed by atoms with E-state index in [0.717, 1.165) is 40.2 Å². The zero-order valence-corrected chi connectivity index (χ0v) is 13.7. The zero-order valence-electron chi connectivity index (χ0n) is 12.9. The van der Waals surface area contributed by atoms with Gasteiger partial charge in [-0.2, -0.15) is 5.10 Å². The summed E-state index contributed by atoms with van der Waals surface area (Å²) in [5, 5.41) is 15.5. The van der Waals surface area contributed by atoms with Crippen LogP contribution in [-0.4, -0.2) is 24.0 Å². The van der Waals surface area contributed by atoms with E-state index in [0.29, 0.717) is 0 Å². The van der Waals surface area contributed by atoms with Gasteiger partial charge in [-0.25, -0.2) is 0 Å². The fourth-order valence-electron chi connectivity index (χ4n) is 2.73. The number of thioether (sulfide) groups is 1. The molecule has 1 heterocycles. The molecule has 5 heteroatoms. The van der Waals surface area contributed by atoms with Crippen LogP contribution in [0.25, 0.3) is 0 Å². The molecule has 0 fully saturated rings. The standard InChI is InChI=1S/C17H19BN2OS/c1-3-7-17-15-10-4-5-11-16(15)18(21)20(19-17)13-8-6-9-14(12-13)22-2/h4-6,8-12,21H,3,7H2,1-2H3. The SMILES string of the molecule is CCCC1=NN(c2cccc(SC)c2)B(O)c2ccccc21. The van der Waals surface area contributed by atoms with Crippen molar-refractivity contribution in [2.45, 2.75) is 24.7 Å². The molecule has 0 spiro atoms. The highest BCUT2D eigenvalue weighted by Crippen LogP contribution is 2.25. The van der Waals surface area contributed by atoms with E-state index in [1.54, 1.807) is 16.7 Å². The van der Waals surface area contributed by atoms with Crippen LogP contribution in [0.3, 0.4) is 0 Å². The molecule has 0 bridgehead atoms. The van der Waals surface area contributed by atoms with Crippen LogP contribution in [0.2, 0.25) is 0 Å². The topological polar surface area (TPSA) is 35.8 Å². The quantitative estimate of drug-likeness (QED) is 0.696. The van der Waals surface area contributed by atoms with Gasteiger partial charge in [0.2, 0.25) is 0 Å². The minimum absolute atomic E-state index is 0.742. The number of fused-ring (bicyclic) bond motifs is 1. The lowest BCUT2D eigenvalue weighted by Crippen LogP contribution is -2.51. The van der Waals surface area contributed by atoms with Crippen LogP contribution in [-0.2, 0) is 0 Å². The van der Waals surface area contributed by atoms with Crippen molar-refractivity contribution in [2.75, 3.05) is 11.2 Å². The molecule has 0 radical (unpaired) electrons. The molecule has 1 aliphatic heterocycles. The Labute approximate surface area is 136 Å². The Balaban J connectivity index is 2.07. The van der Waals surface area contributed by atoms with E-state index < -0.39 is 7.05 Å². The van der Waals surface area contributed by atoms with E-state index in [9.17, 15) is 5.02 Å². The second-order valence-electron chi connectivity index (χ2n) is 5.30. The third-order valence-corrected chi connectivity index (χ3v) is 4.54. The largest absolute Gasteiger partial charge is 0.471 e. The predicted molar refractivity (Wildman–Crippen MR) is 96.2 cm³/mol. The number of hydrogen-bond donors (Lipinski definition) is 1. The lowest BCUT2D eigenvalue weighted by Gasteiger charge is -2.30. The van der Waals surface area contributed by atoms with Gasteiger partial charge in [0.25, 0.3) is 0 Å². The van der Waals surface area contributed by atoms with Gasteiger partial charge in [-0.05, 0) is 41.9 Å². The van der Waals surface area contributed by atoms with E-state index in [-0.39, 0.29) is 0 Å². The molecule has 0 amide bonds. The summed E-state index contributed by atoms with van der Waals surface area (Å²) >= 11 is 1.69. The van der Waals surface area contributed by atoms with Crippen molar-refractivity contribution in [2.24, 2.45) is 5.10 Å². The first-order valence-corrected chi connectivity index (χ1v) is 8.75. The summed E-state index contributed by atoms with van der Waals surface area (Å²) in [5.41, 5.74) is 3.95. The molecular formula is C17H19BN2OS. The van der Waals surface area contributed by atoms with Gasteiger partial charge in [0.05, 0.1) is 5.71 Å². The average molecular weight is 310 g/mol. The van der Waals surface area contributed by atoms with Gasteiger partial charge in [0.15, 0.2) is 0 Å². The molecule has 0 aromatic heterocycles. The van der Waals surface area contributed by atoms with Crippen molar-refractivity contribution >= 4 is 35.7 Å². The molecule has 0 saturated carbocycles. The summed E-state index contributed by atoms with van der Waals surface area (Å²) in [4.78, 5) is 2.89. The molecule has 0 atom stereocenters. The molecule has 3 rings (SSSR count). The first-order valence-electron chi connectivity index (χ1n) is 7.52. The van der Waals surface area contributed by atoms with E-state index in [1.807, 2.05) is 42.7 Å². The number of hydrazone groups is 1. The minimum Gasteiger partial charge on any atom is -0.427 e. The van der Waals surface area contributed by atoms with Gasteiger partial charge >= 0.3 is 7.05 Å². The minimum atomic E-state index is -0.742. The summed E-state index contributed by atoms with van der Waals surface area (Å²) in [5.74, 6) is 0. The van der Waals surface area contributed by atoms with Crippen LogP contribution in [0.5, 0.6) is 0 Å². The second-order valence-corrected chi connectivity index (χ2v) is 6.18. The molecule has 0 aliphatic carbocycles. The van der Waals surface area contributed by atoms with E-state index in [2.05, 4.69) is 19.1 Å². The fourth-order valence-corrected chi connectivity index (χ4v) is 3.18. The summed E-state index contributed by atoms with van der Waals surface area (Å²) in [6, 6.07) is 16.1. The Morgan fingerprint density at radius 3 is 2.77 bits per heavy atom. The van der Waals surface area contributed by atoms with Gasteiger partial charge in [-0.15, -0.1) is 11.8 Å². The predicted octanol–water partition coefficient (Wildman–Crippen LogP) is 3.12. The smallest absolute Gasteiger partial charge is 0.427 e. The maximum absolute atomic E-state index is 10.7. The Morgan fingerprint density at radius 2 is 2.00 bits per heavy atom. The molecule has 112 valence electrons. The lowest BCUT2D eigenvalue weighted by atomic mass is 9.68. The van der Waals surface area contributed by atoms with Crippen LogP contribution in [0, 0.1) is 0 Å². The maximum atomic E-state index is 10.7. The van der Waals surface area contributed by atoms with Crippen LogP contribution in [0.15, 0.2) is 58.5 Å². The van der Waals surface area contributed by atoms with Gasteiger partial charge in [-0.1, -0.05) is 43.7 Å². The number of nitrogens with zero attached hydrogens (tertiary/aromatic N) is 2. The van der Waals surface area contributed by atoms with Crippen molar-refractivity contribution < 1.29 is 5.02 Å². The molecular weight excluding hydrogens is 291 g/mol. The highest BCUT2D eigenvalue weighted by atomic mass is 32.2. The number of benzene rings is 2. The first-order chi connectivity index (χ1) is 10.7. The number of anilines is 1. The van der Waals surface area contributed by atoms with Gasteiger partial charge in [0, 0.05) is 10.6 Å². The Hall–Kier alpha value is -1.72. The van der Waals surface area contributed by atoms with Crippen molar-refractivity contribution in [1.82, 2.24) is 0 Å². The highest BCUT2D eigenvalue weighted by molar-refractivity contribution is 7.98. The van der Waals surface area contributed by atoms with E-state index >= 15 is 0 Å². The molecule has 22 heavy (non-hydrogen) atoms. The third-order valence-electron chi connectivity index (χ3n) is 3.81. The lowest BCUT2D eigenvalue weighted by molar-refractivity contribution is 0.577. The summed E-state index contributed by atoms with van der Waals surface area (Å²) in [6.45, 7) is 2.15. The van der Waals surface area contributed by atoms with E-state index in [4.69, 9.17) is 5.10 Å². The van der Waals surface area contributed by atoms with Crippen LogP contribution >= 0.6 is 11.8 Å². The zero-order chi connectivity index (χ0) is 15.5. The molecule has 0 saturated heterocycles. The van der Waals surface area contributed by atoms with Gasteiger partial charge < -0.3 is 5.02 Å². The Bertz CT molecular complexity index is 705. The third kappa shape index (κ3) is 2.79. The van der Waals surface area contributed by atoms with Gasteiger partial charge in [0.1, 0.15) is 0 Å². The molecule has 1 aliphatic rings. The second kappa shape index (κ2) is 6.59. The number of rotatable bonds is 4. The van der Waals surface area contributed by atoms with E-state index in [1.165, 1.54) is 0 Å². The molecule has 2 aromatic rings. The van der Waals surface area contributed by atoms with Crippen molar-refractivity contribution in [3.63, 3.8) is 0 Å². The van der Waals surface area contributed by atoms with Crippen LogP contribution < -0.4 is 10.4 Å². The Morgan fingerprint density at radius 1 is 1.18 bits per heavy atom. The first kappa shape index (κ1) is 15.2. The monoisotopic (exact) mass is 310 g/mol. The van der Waals surface area contributed by atoms with Crippen LogP contribution in [0.4, 0.5) is 5.69 Å². The molecule has 0 unspecified atom stereocenters. The molecule has 2 aromatic carbocycles. The average Bonchev–Trinajstić information content (AvgIpc) is 2.57. The van der Waals surface area contributed by atoms with Crippen molar-refractivity contribution in [1.29, 1.82) is 0 Å². The van der Waals surface area contributed by atoms with Crippen molar-refractivity contribution in [3.8, 4) is 0 Å². The van der Waals surface area contributed by atoms with Gasteiger partial charge in [-0.3, -0.25) is 4.92 Å². The summed E-state index contributed by atoms with van der Waals surface area (Å²) in [6.07, 6.45) is 3.98. The normalized spacial score (nSPS) is 13.9.